The molecule has 5 heteroatoms. The Labute approximate surface area is 86.7 Å². The van der Waals surface area contributed by atoms with E-state index in [9.17, 15) is 0 Å². The standard InChI is InChI=1S/C9H10ClNO3/c1-13-8-4-7(10)3-6(5-11-12)9(8)14-2/h3-5,12H,1-2H3. The van der Waals surface area contributed by atoms with Gasteiger partial charge >= 0.3 is 0 Å². The Bertz CT molecular complexity index is 352. The van der Waals surface area contributed by atoms with Gasteiger partial charge in [-0.2, -0.15) is 0 Å². The summed E-state index contributed by atoms with van der Waals surface area (Å²) in [5.41, 5.74) is 0.555. The summed E-state index contributed by atoms with van der Waals surface area (Å²) in [6.07, 6.45) is 1.23. The summed E-state index contributed by atoms with van der Waals surface area (Å²) in [5.74, 6) is 0.976. The van der Waals surface area contributed by atoms with Gasteiger partial charge in [-0.1, -0.05) is 16.8 Å². The largest absolute Gasteiger partial charge is 0.493 e. The monoisotopic (exact) mass is 215 g/mol. The van der Waals surface area contributed by atoms with Gasteiger partial charge in [0.25, 0.3) is 0 Å². The van der Waals surface area contributed by atoms with Crippen molar-refractivity contribution in [3.05, 3.63) is 22.7 Å². The third-order valence-electron chi connectivity index (χ3n) is 1.67. The van der Waals surface area contributed by atoms with Crippen LogP contribution in [0.3, 0.4) is 0 Å². The lowest BCUT2D eigenvalue weighted by molar-refractivity contribution is 0.321. The summed E-state index contributed by atoms with van der Waals surface area (Å²) in [6.45, 7) is 0. The number of halogens is 1. The van der Waals surface area contributed by atoms with Crippen molar-refractivity contribution in [1.82, 2.24) is 0 Å². The fourth-order valence-corrected chi connectivity index (χ4v) is 1.33. The van der Waals surface area contributed by atoms with Crippen LogP contribution in [-0.2, 0) is 0 Å². The van der Waals surface area contributed by atoms with Gasteiger partial charge in [-0.05, 0) is 6.07 Å². The van der Waals surface area contributed by atoms with E-state index in [4.69, 9.17) is 26.3 Å². The van der Waals surface area contributed by atoms with E-state index in [1.807, 2.05) is 0 Å². The van der Waals surface area contributed by atoms with Crippen molar-refractivity contribution in [2.24, 2.45) is 5.16 Å². The smallest absolute Gasteiger partial charge is 0.169 e. The van der Waals surface area contributed by atoms with Crippen LogP contribution in [0, 0.1) is 0 Å². The first-order valence-corrected chi connectivity index (χ1v) is 4.19. The highest BCUT2D eigenvalue weighted by molar-refractivity contribution is 6.31. The van der Waals surface area contributed by atoms with Gasteiger partial charge in [-0.3, -0.25) is 0 Å². The van der Waals surface area contributed by atoms with Crippen molar-refractivity contribution >= 4 is 17.8 Å². The molecule has 0 aliphatic rings. The van der Waals surface area contributed by atoms with E-state index in [2.05, 4.69) is 5.16 Å². The Morgan fingerprint density at radius 1 is 1.36 bits per heavy atom. The van der Waals surface area contributed by atoms with Crippen LogP contribution in [0.2, 0.25) is 5.02 Å². The van der Waals surface area contributed by atoms with Gasteiger partial charge in [0.2, 0.25) is 0 Å². The number of benzene rings is 1. The minimum atomic E-state index is 0.481. The number of hydrogen-bond donors (Lipinski definition) is 1. The Morgan fingerprint density at radius 3 is 2.57 bits per heavy atom. The second-order valence-corrected chi connectivity index (χ2v) is 2.91. The molecule has 0 saturated heterocycles. The summed E-state index contributed by atoms with van der Waals surface area (Å²) in [7, 11) is 3.01. The first kappa shape index (κ1) is 10.7. The van der Waals surface area contributed by atoms with Crippen molar-refractivity contribution in [2.75, 3.05) is 14.2 Å². The summed E-state index contributed by atoms with van der Waals surface area (Å²) < 4.78 is 10.1. The predicted molar refractivity (Wildman–Crippen MR) is 53.9 cm³/mol. The summed E-state index contributed by atoms with van der Waals surface area (Å²) in [5, 5.41) is 11.8. The molecule has 1 rings (SSSR count). The second-order valence-electron chi connectivity index (χ2n) is 2.48. The van der Waals surface area contributed by atoms with Crippen molar-refractivity contribution < 1.29 is 14.7 Å². The number of rotatable bonds is 3. The minimum absolute atomic E-state index is 0.481. The maximum atomic E-state index is 8.42. The van der Waals surface area contributed by atoms with Crippen LogP contribution in [0.25, 0.3) is 0 Å². The molecule has 0 aliphatic heterocycles. The van der Waals surface area contributed by atoms with Gasteiger partial charge in [-0.25, -0.2) is 0 Å². The summed E-state index contributed by atoms with van der Waals surface area (Å²) in [6, 6.07) is 3.23. The van der Waals surface area contributed by atoms with Crippen molar-refractivity contribution in [3.63, 3.8) is 0 Å². The molecule has 0 bridgehead atoms. The first-order chi connectivity index (χ1) is 6.72. The molecule has 1 aromatic rings. The molecule has 1 N–H and O–H groups in total. The average molecular weight is 216 g/mol. The van der Waals surface area contributed by atoms with Crippen LogP contribution in [0.4, 0.5) is 0 Å². The maximum Gasteiger partial charge on any atom is 0.169 e. The molecule has 0 radical (unpaired) electrons. The van der Waals surface area contributed by atoms with Gasteiger partial charge < -0.3 is 14.7 Å². The highest BCUT2D eigenvalue weighted by atomic mass is 35.5. The summed E-state index contributed by atoms with van der Waals surface area (Å²) in [4.78, 5) is 0. The molecule has 0 fully saturated rings. The molecule has 0 spiro atoms. The first-order valence-electron chi connectivity index (χ1n) is 3.82. The number of methoxy groups -OCH3 is 2. The molecular formula is C9H10ClNO3. The van der Waals surface area contributed by atoms with Crippen LogP contribution in [0.1, 0.15) is 5.56 Å². The maximum absolute atomic E-state index is 8.42. The number of ether oxygens (including phenoxy) is 2. The highest BCUT2D eigenvalue weighted by Gasteiger charge is 2.10. The molecule has 0 amide bonds. The number of oxime groups is 1. The van der Waals surface area contributed by atoms with Crippen LogP contribution in [0.15, 0.2) is 17.3 Å². The molecule has 0 unspecified atom stereocenters. The van der Waals surface area contributed by atoms with E-state index in [1.165, 1.54) is 20.4 Å². The van der Waals surface area contributed by atoms with E-state index >= 15 is 0 Å². The van der Waals surface area contributed by atoms with Gasteiger partial charge in [0.05, 0.1) is 20.4 Å². The van der Waals surface area contributed by atoms with E-state index in [-0.39, 0.29) is 0 Å². The van der Waals surface area contributed by atoms with E-state index in [1.54, 1.807) is 12.1 Å². The fourth-order valence-electron chi connectivity index (χ4n) is 1.12. The van der Waals surface area contributed by atoms with Gasteiger partial charge in [0, 0.05) is 16.7 Å². The molecule has 0 atom stereocenters. The average Bonchev–Trinajstić information content (AvgIpc) is 2.17. The molecule has 0 heterocycles. The van der Waals surface area contributed by atoms with Crippen LogP contribution >= 0.6 is 11.6 Å². The van der Waals surface area contributed by atoms with Crippen LogP contribution < -0.4 is 9.47 Å². The predicted octanol–water partition coefficient (Wildman–Crippen LogP) is 2.17. The Kier molecular flexibility index (Phi) is 3.59. The van der Waals surface area contributed by atoms with Crippen LogP contribution in [-0.4, -0.2) is 25.6 Å². The molecule has 1 aromatic carbocycles. The minimum Gasteiger partial charge on any atom is -0.493 e. The zero-order valence-electron chi connectivity index (χ0n) is 7.82. The molecule has 14 heavy (non-hydrogen) atoms. The third kappa shape index (κ3) is 2.09. The highest BCUT2D eigenvalue weighted by Crippen LogP contribution is 2.33. The molecule has 0 aliphatic carbocycles. The Hall–Kier alpha value is -1.42. The topological polar surface area (TPSA) is 51.0 Å². The zero-order chi connectivity index (χ0) is 10.6. The lowest BCUT2D eigenvalue weighted by Gasteiger charge is -2.10. The van der Waals surface area contributed by atoms with Crippen LogP contribution in [0.5, 0.6) is 11.5 Å². The lowest BCUT2D eigenvalue weighted by Crippen LogP contribution is -1.95. The quantitative estimate of drug-likeness (QED) is 0.478. The second kappa shape index (κ2) is 4.72. The Morgan fingerprint density at radius 2 is 2.07 bits per heavy atom. The number of hydrogen-bond acceptors (Lipinski definition) is 4. The van der Waals surface area contributed by atoms with Gasteiger partial charge in [-0.15, -0.1) is 0 Å². The molecule has 4 nitrogen and oxygen atoms in total. The SMILES string of the molecule is COc1cc(Cl)cc(C=NO)c1OC. The van der Waals surface area contributed by atoms with Gasteiger partial charge in [0.1, 0.15) is 0 Å². The van der Waals surface area contributed by atoms with Gasteiger partial charge in [0.15, 0.2) is 11.5 Å². The zero-order valence-corrected chi connectivity index (χ0v) is 8.58. The number of nitrogens with zero attached hydrogens (tertiary/aromatic N) is 1. The van der Waals surface area contributed by atoms with Crippen molar-refractivity contribution in [2.45, 2.75) is 0 Å². The van der Waals surface area contributed by atoms with Crippen molar-refractivity contribution in [3.8, 4) is 11.5 Å². The van der Waals surface area contributed by atoms with E-state index in [0.717, 1.165) is 0 Å². The van der Waals surface area contributed by atoms with E-state index < -0.39 is 0 Å². The molecule has 0 aromatic heterocycles. The van der Waals surface area contributed by atoms with Crippen molar-refractivity contribution in [1.29, 1.82) is 0 Å². The molecule has 0 saturated carbocycles. The summed E-state index contributed by atoms with van der Waals surface area (Å²) >= 11 is 5.81. The lowest BCUT2D eigenvalue weighted by atomic mass is 10.2. The normalized spacial score (nSPS) is 10.5. The molecular weight excluding hydrogens is 206 g/mol. The van der Waals surface area contributed by atoms with E-state index in [0.29, 0.717) is 22.1 Å². The Balaban J connectivity index is 3.31. The molecule has 76 valence electrons. The third-order valence-corrected chi connectivity index (χ3v) is 1.89. The fraction of sp³-hybridized carbons (Fsp3) is 0.222.